The maximum atomic E-state index is 13.2. The van der Waals surface area contributed by atoms with Crippen molar-refractivity contribution in [2.45, 2.75) is 46.1 Å². The van der Waals surface area contributed by atoms with Crippen molar-refractivity contribution in [3.8, 4) is 0 Å². The van der Waals surface area contributed by atoms with Crippen LogP contribution in [-0.2, 0) is 4.79 Å². The average Bonchev–Trinajstić information content (AvgIpc) is 3.37. The number of aromatic nitrogens is 2. The molecule has 6 heteroatoms. The molecule has 1 atom stereocenters. The number of hydrogen-bond acceptors (Lipinski definition) is 3. The number of pyridine rings is 1. The smallest absolute Gasteiger partial charge is 0.274 e. The van der Waals surface area contributed by atoms with Gasteiger partial charge in [-0.25, -0.2) is 4.98 Å². The Bertz CT molecular complexity index is 868. The number of amides is 2. The second-order valence-corrected chi connectivity index (χ2v) is 8.32. The summed E-state index contributed by atoms with van der Waals surface area (Å²) in [6.07, 6.45) is 4.65. The van der Waals surface area contributed by atoms with Gasteiger partial charge >= 0.3 is 0 Å². The quantitative estimate of drug-likeness (QED) is 0.834. The summed E-state index contributed by atoms with van der Waals surface area (Å²) in [7, 11) is 0. The Kier molecular flexibility index (Phi) is 4.66. The lowest BCUT2D eigenvalue weighted by atomic mass is 10.0. The van der Waals surface area contributed by atoms with E-state index in [4.69, 9.17) is 0 Å². The van der Waals surface area contributed by atoms with Gasteiger partial charge in [0.05, 0.1) is 6.04 Å². The highest BCUT2D eigenvalue weighted by Crippen LogP contribution is 2.32. The van der Waals surface area contributed by atoms with E-state index in [1.807, 2.05) is 45.5 Å². The van der Waals surface area contributed by atoms with Crippen LogP contribution in [0.25, 0.3) is 5.65 Å². The standard InChI is InChI=1S/C21H28N4O2/c1-14(2)18-13-23(10-9-20(26)25(18)11-16-7-8-16)21(27)17-12-24-15(3)5-4-6-19(24)22-17/h4-6,12,14,16,18H,7-11,13H2,1-3H3/t18-/m1/s1. The summed E-state index contributed by atoms with van der Waals surface area (Å²) in [6.45, 7) is 8.17. The highest BCUT2D eigenvalue weighted by molar-refractivity contribution is 5.93. The SMILES string of the molecule is Cc1cccc2nc(C(=O)N3CCC(=O)N(CC4CC4)[C@@H](C(C)C)C3)cn12. The molecule has 2 aromatic heterocycles. The van der Waals surface area contributed by atoms with E-state index >= 15 is 0 Å². The van der Waals surface area contributed by atoms with Gasteiger partial charge in [-0.15, -0.1) is 0 Å². The molecule has 0 radical (unpaired) electrons. The predicted octanol–water partition coefficient (Wildman–Crippen LogP) is 2.75. The number of hydrogen-bond donors (Lipinski definition) is 0. The average molecular weight is 368 g/mol. The van der Waals surface area contributed by atoms with Gasteiger partial charge in [-0.1, -0.05) is 19.9 Å². The Morgan fingerprint density at radius 3 is 2.74 bits per heavy atom. The fourth-order valence-electron chi connectivity index (χ4n) is 3.96. The van der Waals surface area contributed by atoms with E-state index < -0.39 is 0 Å². The van der Waals surface area contributed by atoms with Crippen LogP contribution in [-0.4, -0.2) is 56.7 Å². The molecule has 1 saturated heterocycles. The molecule has 2 fully saturated rings. The fourth-order valence-corrected chi connectivity index (χ4v) is 3.96. The van der Waals surface area contributed by atoms with E-state index in [2.05, 4.69) is 18.8 Å². The molecule has 1 aliphatic carbocycles. The molecule has 6 nitrogen and oxygen atoms in total. The number of aryl methyl sites for hydroxylation is 1. The summed E-state index contributed by atoms with van der Waals surface area (Å²) < 4.78 is 1.94. The number of carbonyl (C=O) groups is 2. The first-order chi connectivity index (χ1) is 12.9. The van der Waals surface area contributed by atoms with Crippen LogP contribution in [0, 0.1) is 18.8 Å². The minimum Gasteiger partial charge on any atom is -0.337 e. The molecule has 27 heavy (non-hydrogen) atoms. The Hall–Kier alpha value is -2.37. The zero-order valence-corrected chi connectivity index (χ0v) is 16.4. The zero-order valence-electron chi connectivity index (χ0n) is 16.4. The Morgan fingerprint density at radius 1 is 1.30 bits per heavy atom. The molecule has 1 saturated carbocycles. The maximum absolute atomic E-state index is 13.2. The highest BCUT2D eigenvalue weighted by Gasteiger charge is 2.37. The highest BCUT2D eigenvalue weighted by atomic mass is 16.2. The molecule has 144 valence electrons. The van der Waals surface area contributed by atoms with E-state index in [-0.39, 0.29) is 17.9 Å². The number of imidazole rings is 1. The lowest BCUT2D eigenvalue weighted by Gasteiger charge is -2.34. The van der Waals surface area contributed by atoms with Gasteiger partial charge in [0.1, 0.15) is 11.3 Å². The van der Waals surface area contributed by atoms with Crippen LogP contribution < -0.4 is 0 Å². The van der Waals surface area contributed by atoms with Crippen LogP contribution in [0.2, 0.25) is 0 Å². The number of fused-ring (bicyclic) bond motifs is 1. The van der Waals surface area contributed by atoms with Gasteiger partial charge in [0.15, 0.2) is 0 Å². The summed E-state index contributed by atoms with van der Waals surface area (Å²) in [6, 6.07) is 5.92. The van der Waals surface area contributed by atoms with Crippen LogP contribution in [0.3, 0.4) is 0 Å². The van der Waals surface area contributed by atoms with Crippen molar-refractivity contribution < 1.29 is 9.59 Å². The van der Waals surface area contributed by atoms with Crippen molar-refractivity contribution in [2.24, 2.45) is 11.8 Å². The Balaban J connectivity index is 1.59. The molecular weight excluding hydrogens is 340 g/mol. The second-order valence-electron chi connectivity index (χ2n) is 8.32. The van der Waals surface area contributed by atoms with Crippen LogP contribution in [0.4, 0.5) is 0 Å². The molecule has 0 aromatic carbocycles. The van der Waals surface area contributed by atoms with Crippen LogP contribution in [0.15, 0.2) is 24.4 Å². The monoisotopic (exact) mass is 368 g/mol. The maximum Gasteiger partial charge on any atom is 0.274 e. The third-order valence-electron chi connectivity index (χ3n) is 5.85. The fraction of sp³-hybridized carbons (Fsp3) is 0.571. The molecule has 2 amide bonds. The van der Waals surface area contributed by atoms with Gasteiger partial charge in [0.2, 0.25) is 5.91 Å². The van der Waals surface area contributed by atoms with Gasteiger partial charge in [-0.05, 0) is 43.7 Å². The third-order valence-corrected chi connectivity index (χ3v) is 5.85. The van der Waals surface area contributed by atoms with Crippen LogP contribution in [0.1, 0.15) is 49.3 Å². The van der Waals surface area contributed by atoms with E-state index in [0.717, 1.165) is 17.9 Å². The Labute approximate surface area is 160 Å². The first-order valence-corrected chi connectivity index (χ1v) is 9.97. The van der Waals surface area contributed by atoms with Crippen LogP contribution in [0.5, 0.6) is 0 Å². The summed E-state index contributed by atoms with van der Waals surface area (Å²) in [5.74, 6) is 1.06. The van der Waals surface area contributed by atoms with E-state index in [9.17, 15) is 9.59 Å². The first kappa shape index (κ1) is 18.0. The summed E-state index contributed by atoms with van der Waals surface area (Å²) in [5.41, 5.74) is 2.27. The molecule has 0 bridgehead atoms. The first-order valence-electron chi connectivity index (χ1n) is 9.97. The van der Waals surface area contributed by atoms with Gasteiger partial charge in [-0.3, -0.25) is 9.59 Å². The minimum atomic E-state index is -0.0789. The van der Waals surface area contributed by atoms with E-state index in [1.165, 1.54) is 12.8 Å². The van der Waals surface area contributed by atoms with Gasteiger partial charge in [0, 0.05) is 37.9 Å². The molecular formula is C21H28N4O2. The van der Waals surface area contributed by atoms with E-state index in [1.54, 1.807) is 0 Å². The minimum absolute atomic E-state index is 0.0725. The summed E-state index contributed by atoms with van der Waals surface area (Å²) in [4.78, 5) is 34.3. The Morgan fingerprint density at radius 2 is 2.07 bits per heavy atom. The molecule has 0 spiro atoms. The van der Waals surface area contributed by atoms with Crippen LogP contribution >= 0.6 is 0 Å². The van der Waals surface area contributed by atoms with Crippen molar-refractivity contribution >= 4 is 17.5 Å². The largest absolute Gasteiger partial charge is 0.337 e. The van der Waals surface area contributed by atoms with Crippen molar-refractivity contribution in [2.75, 3.05) is 19.6 Å². The molecule has 2 aromatic rings. The predicted molar refractivity (Wildman–Crippen MR) is 104 cm³/mol. The molecule has 0 N–H and O–H groups in total. The van der Waals surface area contributed by atoms with Crippen molar-refractivity contribution in [1.29, 1.82) is 0 Å². The van der Waals surface area contributed by atoms with Gasteiger partial charge < -0.3 is 14.2 Å². The van der Waals surface area contributed by atoms with E-state index in [0.29, 0.717) is 37.0 Å². The normalized spacial score (nSPS) is 21.2. The topological polar surface area (TPSA) is 57.9 Å². The third kappa shape index (κ3) is 3.57. The van der Waals surface area contributed by atoms with Crippen molar-refractivity contribution in [3.05, 3.63) is 35.8 Å². The number of carbonyl (C=O) groups excluding carboxylic acids is 2. The molecule has 1 aliphatic heterocycles. The summed E-state index contributed by atoms with van der Waals surface area (Å²) in [5, 5.41) is 0. The molecule has 3 heterocycles. The number of nitrogens with zero attached hydrogens (tertiary/aromatic N) is 4. The zero-order chi connectivity index (χ0) is 19.1. The molecule has 2 aliphatic rings. The van der Waals surface area contributed by atoms with Crippen molar-refractivity contribution in [1.82, 2.24) is 19.2 Å². The lowest BCUT2D eigenvalue weighted by molar-refractivity contribution is -0.133. The van der Waals surface area contributed by atoms with Gasteiger partial charge in [0.25, 0.3) is 5.91 Å². The summed E-state index contributed by atoms with van der Waals surface area (Å²) >= 11 is 0. The molecule has 0 unspecified atom stereocenters. The van der Waals surface area contributed by atoms with Gasteiger partial charge in [-0.2, -0.15) is 0 Å². The second kappa shape index (κ2) is 6.98. The lowest BCUT2D eigenvalue weighted by Crippen LogP contribution is -2.48. The molecule has 4 rings (SSSR count). The number of rotatable bonds is 4. The van der Waals surface area contributed by atoms with Crippen molar-refractivity contribution in [3.63, 3.8) is 0 Å².